The minimum absolute atomic E-state index is 0.0151. The van der Waals surface area contributed by atoms with Gasteiger partial charge in [0.2, 0.25) is 5.88 Å². The van der Waals surface area contributed by atoms with E-state index in [0.717, 1.165) is 5.39 Å². The molecule has 0 aliphatic heterocycles. The van der Waals surface area contributed by atoms with Crippen LogP contribution in [0.5, 0.6) is 0 Å². The number of aromatic nitrogens is 1. The summed E-state index contributed by atoms with van der Waals surface area (Å²) < 4.78 is 16.1. The van der Waals surface area contributed by atoms with Crippen molar-refractivity contribution < 1.29 is 23.3 Å². The van der Waals surface area contributed by atoms with Crippen molar-refractivity contribution in [2.75, 3.05) is 11.9 Å². The van der Waals surface area contributed by atoms with Crippen LogP contribution in [-0.4, -0.2) is 23.6 Å². The first-order valence-electron chi connectivity index (χ1n) is 9.21. The molecule has 0 aliphatic rings. The van der Waals surface area contributed by atoms with E-state index in [1.165, 1.54) is 0 Å². The summed E-state index contributed by atoms with van der Waals surface area (Å²) in [6.07, 6.45) is 0. The summed E-state index contributed by atoms with van der Waals surface area (Å²) in [5.41, 5.74) is 2.11. The summed E-state index contributed by atoms with van der Waals surface area (Å²) in [5, 5.41) is 7.91. The number of esters is 1. The van der Waals surface area contributed by atoms with Crippen molar-refractivity contribution >= 4 is 40.3 Å². The number of rotatable bonds is 5. The summed E-state index contributed by atoms with van der Waals surface area (Å²) in [5.74, 6) is -1.23. The predicted molar refractivity (Wildman–Crippen MR) is 112 cm³/mol. The van der Waals surface area contributed by atoms with Gasteiger partial charge in [0.05, 0.1) is 6.61 Å². The van der Waals surface area contributed by atoms with Crippen LogP contribution in [0.15, 0.2) is 57.5 Å². The highest BCUT2D eigenvalue weighted by Gasteiger charge is 2.28. The molecule has 4 rings (SSSR count). The fourth-order valence-corrected chi connectivity index (χ4v) is 3.25. The maximum absolute atomic E-state index is 12.9. The summed E-state index contributed by atoms with van der Waals surface area (Å²) in [7, 11) is 0. The van der Waals surface area contributed by atoms with Crippen LogP contribution in [0.25, 0.3) is 22.2 Å². The average Bonchev–Trinajstić information content (AvgIpc) is 3.30. The van der Waals surface area contributed by atoms with Crippen LogP contribution < -0.4 is 5.32 Å². The van der Waals surface area contributed by atoms with E-state index in [4.69, 9.17) is 25.3 Å². The number of anilines is 1. The molecule has 0 saturated heterocycles. The number of hydrogen-bond donors (Lipinski definition) is 1. The minimum Gasteiger partial charge on any atom is -0.462 e. The van der Waals surface area contributed by atoms with Gasteiger partial charge >= 0.3 is 5.97 Å². The standard InChI is InChI=1S/C22H17ClN2O5/c1-3-28-22(27)17-18(13-8-10-14(23)11-9-13)25-30-21(17)24-20(26)19-12(2)15-6-4-5-7-16(15)29-19/h4-11H,3H2,1-2H3,(H,24,26). The molecule has 0 saturated carbocycles. The highest BCUT2D eigenvalue weighted by atomic mass is 35.5. The number of para-hydroxylation sites is 1. The first-order chi connectivity index (χ1) is 14.5. The second-order valence-corrected chi connectivity index (χ2v) is 6.91. The number of furan rings is 1. The first kappa shape index (κ1) is 19.7. The Kier molecular flexibility index (Phi) is 5.29. The summed E-state index contributed by atoms with van der Waals surface area (Å²) >= 11 is 5.94. The van der Waals surface area contributed by atoms with Gasteiger partial charge in [0.15, 0.2) is 11.3 Å². The van der Waals surface area contributed by atoms with Crippen molar-refractivity contribution in [1.29, 1.82) is 0 Å². The maximum Gasteiger partial charge on any atom is 0.346 e. The third kappa shape index (κ3) is 3.55. The van der Waals surface area contributed by atoms with Crippen molar-refractivity contribution in [2.24, 2.45) is 0 Å². The number of aryl methyl sites for hydroxylation is 1. The molecule has 4 aromatic rings. The Morgan fingerprint density at radius 2 is 1.87 bits per heavy atom. The van der Waals surface area contributed by atoms with Crippen LogP contribution in [-0.2, 0) is 4.74 Å². The van der Waals surface area contributed by atoms with Crippen LogP contribution >= 0.6 is 11.6 Å². The van der Waals surface area contributed by atoms with Gasteiger partial charge in [0.1, 0.15) is 11.3 Å². The molecule has 0 radical (unpaired) electrons. The Labute approximate surface area is 176 Å². The number of amides is 1. The minimum atomic E-state index is -0.666. The fourth-order valence-electron chi connectivity index (χ4n) is 3.12. The normalized spacial score (nSPS) is 10.9. The molecule has 152 valence electrons. The van der Waals surface area contributed by atoms with E-state index < -0.39 is 11.9 Å². The van der Waals surface area contributed by atoms with E-state index in [1.54, 1.807) is 44.2 Å². The smallest absolute Gasteiger partial charge is 0.346 e. The Bertz CT molecular complexity index is 1240. The van der Waals surface area contributed by atoms with E-state index in [9.17, 15) is 9.59 Å². The molecule has 8 heteroatoms. The molecule has 2 heterocycles. The molecule has 0 unspecified atom stereocenters. The van der Waals surface area contributed by atoms with Crippen molar-refractivity contribution in [3.05, 3.63) is 70.4 Å². The zero-order valence-electron chi connectivity index (χ0n) is 16.2. The lowest BCUT2D eigenvalue weighted by molar-refractivity contribution is 0.0528. The molecule has 1 N–H and O–H groups in total. The quantitative estimate of drug-likeness (QED) is 0.426. The first-order valence-corrected chi connectivity index (χ1v) is 9.59. The second-order valence-electron chi connectivity index (χ2n) is 6.47. The van der Waals surface area contributed by atoms with E-state index in [2.05, 4.69) is 10.5 Å². The molecular weight excluding hydrogens is 408 g/mol. The SMILES string of the molecule is CCOC(=O)c1c(-c2ccc(Cl)cc2)noc1NC(=O)c1oc2ccccc2c1C. The summed E-state index contributed by atoms with van der Waals surface area (Å²) in [4.78, 5) is 25.5. The van der Waals surface area contributed by atoms with Crippen molar-refractivity contribution in [2.45, 2.75) is 13.8 Å². The average molecular weight is 425 g/mol. The highest BCUT2D eigenvalue weighted by molar-refractivity contribution is 6.30. The van der Waals surface area contributed by atoms with Crippen LogP contribution in [0.3, 0.4) is 0 Å². The lowest BCUT2D eigenvalue weighted by Gasteiger charge is -2.05. The molecule has 2 aromatic carbocycles. The van der Waals surface area contributed by atoms with E-state index in [0.29, 0.717) is 21.7 Å². The van der Waals surface area contributed by atoms with Crippen LogP contribution in [0.4, 0.5) is 5.88 Å². The van der Waals surface area contributed by atoms with Gasteiger partial charge in [-0.25, -0.2) is 4.79 Å². The van der Waals surface area contributed by atoms with Gasteiger partial charge in [-0.2, -0.15) is 0 Å². The lowest BCUT2D eigenvalue weighted by Crippen LogP contribution is -2.15. The molecule has 0 atom stereocenters. The van der Waals surface area contributed by atoms with Crippen LogP contribution in [0.1, 0.15) is 33.4 Å². The van der Waals surface area contributed by atoms with Gasteiger partial charge in [-0.1, -0.05) is 47.1 Å². The number of hydrogen-bond acceptors (Lipinski definition) is 6. The highest BCUT2D eigenvalue weighted by Crippen LogP contribution is 2.32. The Hall–Kier alpha value is -3.58. The number of fused-ring (bicyclic) bond motifs is 1. The van der Waals surface area contributed by atoms with E-state index >= 15 is 0 Å². The van der Waals surface area contributed by atoms with E-state index in [-0.39, 0.29) is 29.5 Å². The van der Waals surface area contributed by atoms with Gasteiger partial charge < -0.3 is 13.7 Å². The van der Waals surface area contributed by atoms with Crippen LogP contribution in [0, 0.1) is 6.92 Å². The second kappa shape index (κ2) is 8.04. The number of halogens is 1. The number of benzene rings is 2. The Morgan fingerprint density at radius 1 is 1.13 bits per heavy atom. The number of carbonyl (C=O) groups excluding carboxylic acids is 2. The van der Waals surface area contributed by atoms with Crippen LogP contribution in [0.2, 0.25) is 5.02 Å². The molecule has 2 aromatic heterocycles. The number of nitrogens with zero attached hydrogens (tertiary/aromatic N) is 1. The molecule has 7 nitrogen and oxygen atoms in total. The number of nitrogens with one attached hydrogen (secondary N) is 1. The number of carbonyl (C=O) groups is 2. The molecule has 0 spiro atoms. The van der Waals surface area contributed by atoms with Gasteiger partial charge in [0, 0.05) is 21.5 Å². The summed E-state index contributed by atoms with van der Waals surface area (Å²) in [6, 6.07) is 14.0. The van der Waals surface area contributed by atoms with Crippen molar-refractivity contribution in [3.8, 4) is 11.3 Å². The largest absolute Gasteiger partial charge is 0.462 e. The Balaban J connectivity index is 1.72. The third-order valence-electron chi connectivity index (χ3n) is 4.57. The number of ether oxygens (including phenoxy) is 1. The topological polar surface area (TPSA) is 94.6 Å². The van der Waals surface area contributed by atoms with Gasteiger partial charge in [-0.05, 0) is 32.0 Å². The zero-order valence-corrected chi connectivity index (χ0v) is 16.9. The summed E-state index contributed by atoms with van der Waals surface area (Å²) in [6.45, 7) is 3.62. The molecule has 1 amide bonds. The van der Waals surface area contributed by atoms with Gasteiger partial charge in [0.25, 0.3) is 5.91 Å². The predicted octanol–water partition coefficient (Wildman–Crippen LogP) is 5.48. The third-order valence-corrected chi connectivity index (χ3v) is 4.82. The molecular formula is C22H17ClN2O5. The fraction of sp³-hybridized carbons (Fsp3) is 0.136. The monoisotopic (exact) mass is 424 g/mol. The molecule has 30 heavy (non-hydrogen) atoms. The molecule has 0 aliphatic carbocycles. The van der Waals surface area contributed by atoms with Gasteiger partial charge in [-0.3, -0.25) is 10.1 Å². The maximum atomic E-state index is 12.9. The van der Waals surface area contributed by atoms with Crippen molar-refractivity contribution in [3.63, 3.8) is 0 Å². The lowest BCUT2D eigenvalue weighted by atomic mass is 10.1. The zero-order chi connectivity index (χ0) is 21.3. The van der Waals surface area contributed by atoms with E-state index in [1.807, 2.05) is 18.2 Å². The Morgan fingerprint density at radius 3 is 2.57 bits per heavy atom. The van der Waals surface area contributed by atoms with Gasteiger partial charge in [-0.15, -0.1) is 0 Å². The van der Waals surface area contributed by atoms with Crippen molar-refractivity contribution in [1.82, 2.24) is 5.16 Å². The molecule has 0 bridgehead atoms. The molecule has 0 fully saturated rings.